The quantitative estimate of drug-likeness (QED) is 0.642. The Morgan fingerprint density at radius 3 is 2.86 bits per heavy atom. The molecule has 2 aromatic carbocycles. The normalized spacial score (nSPS) is 13.0. The lowest BCUT2D eigenvalue weighted by Gasteiger charge is -2.07. The van der Waals surface area contributed by atoms with Crippen molar-refractivity contribution in [1.82, 2.24) is 9.55 Å². The van der Waals surface area contributed by atoms with Crippen LogP contribution in [0.15, 0.2) is 30.3 Å². The summed E-state index contributed by atoms with van der Waals surface area (Å²) in [6, 6.07) is 8.54. The third-order valence-corrected chi connectivity index (χ3v) is 4.16. The Labute approximate surface area is 132 Å². The Morgan fingerprint density at radius 1 is 1.19 bits per heavy atom. The fourth-order valence-corrected chi connectivity index (χ4v) is 2.84. The molecule has 0 spiro atoms. The summed E-state index contributed by atoms with van der Waals surface area (Å²) in [5.74, 6) is 1.32. The Hall–Kier alpha value is -2.03. The number of fused-ring (bicyclic) bond motifs is 2. The van der Waals surface area contributed by atoms with Crippen LogP contribution >= 0.6 is 22.6 Å². The predicted octanol–water partition coefficient (Wildman–Crippen LogP) is 3.08. The van der Waals surface area contributed by atoms with E-state index in [1.54, 1.807) is 22.8 Å². The number of imidazole rings is 1. The summed E-state index contributed by atoms with van der Waals surface area (Å²) in [5.41, 5.74) is 8.00. The highest BCUT2D eigenvalue weighted by Gasteiger charge is 2.17. The van der Waals surface area contributed by atoms with Gasteiger partial charge in [-0.25, -0.2) is 9.37 Å². The van der Waals surface area contributed by atoms with Crippen LogP contribution in [0, 0.1) is 9.39 Å². The molecule has 106 valence electrons. The van der Waals surface area contributed by atoms with Crippen LogP contribution < -0.4 is 15.2 Å². The van der Waals surface area contributed by atoms with Gasteiger partial charge in [0.15, 0.2) is 11.5 Å². The van der Waals surface area contributed by atoms with Gasteiger partial charge < -0.3 is 15.2 Å². The zero-order chi connectivity index (χ0) is 14.6. The van der Waals surface area contributed by atoms with Crippen molar-refractivity contribution in [2.24, 2.45) is 0 Å². The van der Waals surface area contributed by atoms with Gasteiger partial charge in [-0.3, -0.25) is 4.57 Å². The van der Waals surface area contributed by atoms with Gasteiger partial charge in [0.25, 0.3) is 0 Å². The van der Waals surface area contributed by atoms with Gasteiger partial charge in [0, 0.05) is 12.1 Å². The number of rotatable bonds is 1. The number of benzene rings is 2. The molecule has 7 heteroatoms. The number of nitrogens with zero attached hydrogens (tertiary/aromatic N) is 2. The summed E-state index contributed by atoms with van der Waals surface area (Å²) < 4.78 is 26.7. The molecule has 0 atom stereocenters. The van der Waals surface area contributed by atoms with Crippen LogP contribution in [0.5, 0.6) is 11.5 Å². The van der Waals surface area contributed by atoms with Gasteiger partial charge in [0.1, 0.15) is 5.82 Å². The number of nitrogen functional groups attached to an aromatic ring is 1. The second-order valence-corrected chi connectivity index (χ2v) is 5.76. The number of ether oxygens (including phenoxy) is 2. The summed E-state index contributed by atoms with van der Waals surface area (Å²) >= 11 is 1.93. The first-order valence-electron chi connectivity index (χ1n) is 6.16. The molecule has 21 heavy (non-hydrogen) atoms. The first-order valence-corrected chi connectivity index (χ1v) is 7.24. The van der Waals surface area contributed by atoms with E-state index < -0.39 is 0 Å². The molecule has 0 saturated carbocycles. The minimum atomic E-state index is -0.301. The highest BCUT2D eigenvalue weighted by molar-refractivity contribution is 14.1. The maximum atomic E-state index is 13.8. The van der Waals surface area contributed by atoms with E-state index in [0.717, 1.165) is 5.69 Å². The van der Waals surface area contributed by atoms with Gasteiger partial charge in [-0.15, -0.1) is 0 Å². The average Bonchev–Trinajstić information content (AvgIpc) is 3.02. The maximum Gasteiger partial charge on any atom is 0.231 e. The van der Waals surface area contributed by atoms with E-state index in [9.17, 15) is 4.39 Å². The summed E-state index contributed by atoms with van der Waals surface area (Å²) in [4.78, 5) is 4.28. The van der Waals surface area contributed by atoms with Gasteiger partial charge in [-0.2, -0.15) is 0 Å². The molecule has 2 N–H and O–H groups in total. The molecule has 0 saturated heterocycles. The van der Waals surface area contributed by atoms with Gasteiger partial charge in [0.2, 0.25) is 12.7 Å². The van der Waals surface area contributed by atoms with Crippen LogP contribution in [-0.2, 0) is 0 Å². The van der Waals surface area contributed by atoms with Crippen molar-refractivity contribution in [3.05, 3.63) is 39.7 Å². The van der Waals surface area contributed by atoms with Crippen LogP contribution in [0.4, 0.5) is 10.3 Å². The monoisotopic (exact) mass is 397 g/mol. The van der Waals surface area contributed by atoms with Crippen molar-refractivity contribution >= 4 is 39.6 Å². The smallest absolute Gasteiger partial charge is 0.231 e. The topological polar surface area (TPSA) is 62.3 Å². The minimum Gasteiger partial charge on any atom is -0.454 e. The average molecular weight is 397 g/mol. The molecule has 0 fully saturated rings. The zero-order valence-electron chi connectivity index (χ0n) is 10.6. The van der Waals surface area contributed by atoms with Crippen molar-refractivity contribution in [2.45, 2.75) is 0 Å². The molecule has 5 nitrogen and oxygen atoms in total. The van der Waals surface area contributed by atoms with Crippen LogP contribution in [0.1, 0.15) is 0 Å². The lowest BCUT2D eigenvalue weighted by atomic mass is 10.2. The van der Waals surface area contributed by atoms with Crippen molar-refractivity contribution < 1.29 is 13.9 Å². The van der Waals surface area contributed by atoms with Crippen LogP contribution in [0.25, 0.3) is 16.7 Å². The van der Waals surface area contributed by atoms with Crippen LogP contribution in [0.3, 0.4) is 0 Å². The van der Waals surface area contributed by atoms with Crippen molar-refractivity contribution in [3.63, 3.8) is 0 Å². The summed E-state index contributed by atoms with van der Waals surface area (Å²) in [7, 11) is 0. The largest absolute Gasteiger partial charge is 0.454 e. The molecule has 2 heterocycles. The lowest BCUT2D eigenvalue weighted by Crippen LogP contribution is -2.00. The van der Waals surface area contributed by atoms with Gasteiger partial charge in [-0.1, -0.05) is 0 Å². The number of hydrogen-bond donors (Lipinski definition) is 1. The molecule has 4 rings (SSSR count). The molecular weight excluding hydrogens is 388 g/mol. The standard InChI is InChI=1S/C14H9FIN3O2/c15-8-4-11-10(5-9(8)16)18-14(17)19(11)7-1-2-12-13(3-7)21-6-20-12/h1-5H,6H2,(H2,17,18). The predicted molar refractivity (Wildman–Crippen MR) is 84.3 cm³/mol. The molecule has 0 unspecified atom stereocenters. The number of anilines is 1. The molecule has 0 bridgehead atoms. The van der Waals surface area contributed by atoms with E-state index in [-0.39, 0.29) is 12.6 Å². The van der Waals surface area contributed by atoms with Crippen molar-refractivity contribution in [1.29, 1.82) is 0 Å². The molecule has 3 aromatic rings. The maximum absolute atomic E-state index is 13.8. The van der Waals surface area contributed by atoms with E-state index >= 15 is 0 Å². The Bertz CT molecular complexity index is 878. The lowest BCUT2D eigenvalue weighted by molar-refractivity contribution is 0.174. The molecule has 0 radical (unpaired) electrons. The van der Waals surface area contributed by atoms with Crippen LogP contribution in [0.2, 0.25) is 0 Å². The Kier molecular flexibility index (Phi) is 2.71. The third kappa shape index (κ3) is 1.91. The van der Waals surface area contributed by atoms with E-state index in [1.807, 2.05) is 28.7 Å². The molecule has 0 amide bonds. The first kappa shape index (κ1) is 12.7. The van der Waals surface area contributed by atoms with Gasteiger partial charge in [0.05, 0.1) is 20.3 Å². The molecule has 1 aliphatic heterocycles. The fraction of sp³-hybridized carbons (Fsp3) is 0.0714. The van der Waals surface area contributed by atoms with E-state index in [2.05, 4.69) is 4.98 Å². The minimum absolute atomic E-state index is 0.200. The van der Waals surface area contributed by atoms with Gasteiger partial charge in [-0.05, 0) is 40.8 Å². The highest BCUT2D eigenvalue weighted by atomic mass is 127. The van der Waals surface area contributed by atoms with Crippen molar-refractivity contribution in [3.8, 4) is 17.2 Å². The number of halogens is 2. The fourth-order valence-electron chi connectivity index (χ4n) is 2.39. The second kappa shape index (κ2) is 4.48. The first-order chi connectivity index (χ1) is 10.1. The van der Waals surface area contributed by atoms with Gasteiger partial charge >= 0.3 is 0 Å². The van der Waals surface area contributed by atoms with E-state index in [1.165, 1.54) is 6.07 Å². The third-order valence-electron chi connectivity index (χ3n) is 3.34. The summed E-state index contributed by atoms with van der Waals surface area (Å²) in [6.45, 7) is 0.200. The SMILES string of the molecule is Nc1nc2cc(I)c(F)cc2n1-c1ccc2c(c1)OCO2. The number of aromatic nitrogens is 2. The second-order valence-electron chi connectivity index (χ2n) is 4.60. The van der Waals surface area contributed by atoms with E-state index in [0.29, 0.717) is 32.1 Å². The summed E-state index contributed by atoms with van der Waals surface area (Å²) in [6.07, 6.45) is 0. The molecule has 1 aromatic heterocycles. The Balaban J connectivity index is 1.97. The molecular formula is C14H9FIN3O2. The van der Waals surface area contributed by atoms with Crippen molar-refractivity contribution in [2.75, 3.05) is 12.5 Å². The number of nitrogens with two attached hydrogens (primary N) is 1. The molecule has 0 aliphatic carbocycles. The van der Waals surface area contributed by atoms with E-state index in [4.69, 9.17) is 15.2 Å². The molecule has 1 aliphatic rings. The highest BCUT2D eigenvalue weighted by Crippen LogP contribution is 2.35. The zero-order valence-corrected chi connectivity index (χ0v) is 12.8. The summed E-state index contributed by atoms with van der Waals surface area (Å²) in [5, 5.41) is 0. The number of hydrogen-bond acceptors (Lipinski definition) is 4. The van der Waals surface area contributed by atoms with Crippen LogP contribution in [-0.4, -0.2) is 16.3 Å². The Morgan fingerprint density at radius 2 is 2.00 bits per heavy atom.